The van der Waals surface area contributed by atoms with Gasteiger partial charge in [0.05, 0.1) is 29.4 Å². The standard InChI is InChI=1S/C42H35NO10/c1-48-33-24-22-28(23-25-33)26-43-35-37(52-40(46)31-18-10-4-11-19-31)36(51-39(45)30-16-8-3-9-17-30)34(27-49-38(44)29-14-6-2-7-15-29)50-42(35)53-41(47)32-20-12-5-13-21-32/h2-26,34-37,42H,27H2,1H3. The molecule has 11 heteroatoms. The molecule has 5 aromatic carbocycles. The summed E-state index contributed by atoms with van der Waals surface area (Å²) in [6.07, 6.45) is -4.16. The molecule has 1 heterocycles. The highest BCUT2D eigenvalue weighted by Crippen LogP contribution is 2.32. The highest BCUT2D eigenvalue weighted by Gasteiger charge is 2.52. The van der Waals surface area contributed by atoms with Crippen molar-refractivity contribution in [1.29, 1.82) is 0 Å². The molecule has 5 aromatic rings. The van der Waals surface area contributed by atoms with Gasteiger partial charge in [0.15, 0.2) is 18.2 Å². The van der Waals surface area contributed by atoms with E-state index in [2.05, 4.69) is 0 Å². The van der Waals surface area contributed by atoms with E-state index in [4.69, 9.17) is 33.4 Å². The SMILES string of the molecule is COc1ccc(C=NC2C(OC(=O)c3ccccc3)OC(COC(=O)c3ccccc3)C(OC(=O)c3ccccc3)C2OC(=O)c2ccccc2)cc1. The van der Waals surface area contributed by atoms with Gasteiger partial charge in [-0.2, -0.15) is 0 Å². The van der Waals surface area contributed by atoms with Crippen LogP contribution in [0.25, 0.3) is 0 Å². The van der Waals surface area contributed by atoms with Crippen LogP contribution in [-0.4, -0.2) is 74.5 Å². The fourth-order valence-electron chi connectivity index (χ4n) is 5.51. The van der Waals surface area contributed by atoms with Crippen molar-refractivity contribution in [3.63, 3.8) is 0 Å². The van der Waals surface area contributed by atoms with Crippen LogP contribution in [0.5, 0.6) is 5.75 Å². The van der Waals surface area contributed by atoms with Gasteiger partial charge in [-0.05, 0) is 78.4 Å². The van der Waals surface area contributed by atoms with Gasteiger partial charge in [-0.15, -0.1) is 0 Å². The van der Waals surface area contributed by atoms with Gasteiger partial charge >= 0.3 is 23.9 Å². The molecule has 0 aliphatic carbocycles. The maximum atomic E-state index is 13.8. The highest BCUT2D eigenvalue weighted by molar-refractivity contribution is 5.91. The Morgan fingerprint density at radius 3 is 1.47 bits per heavy atom. The van der Waals surface area contributed by atoms with Crippen molar-refractivity contribution in [3.05, 3.63) is 173 Å². The Labute approximate surface area is 305 Å². The molecule has 5 atom stereocenters. The van der Waals surface area contributed by atoms with E-state index in [-0.39, 0.29) is 22.3 Å². The minimum Gasteiger partial charge on any atom is -0.497 e. The number of carbonyl (C=O) groups excluding carboxylic acids is 4. The summed E-state index contributed by atoms with van der Waals surface area (Å²) in [5.74, 6) is -2.35. The summed E-state index contributed by atoms with van der Waals surface area (Å²) < 4.78 is 35.4. The molecule has 1 fully saturated rings. The lowest BCUT2D eigenvalue weighted by atomic mass is 9.96. The summed E-state index contributed by atoms with van der Waals surface area (Å²) >= 11 is 0. The molecule has 0 amide bonds. The Bertz CT molecular complexity index is 2010. The maximum Gasteiger partial charge on any atom is 0.340 e. The third-order valence-corrected chi connectivity index (χ3v) is 8.25. The number of nitrogens with zero attached hydrogens (tertiary/aromatic N) is 1. The fourth-order valence-corrected chi connectivity index (χ4v) is 5.51. The van der Waals surface area contributed by atoms with Crippen LogP contribution in [0.4, 0.5) is 0 Å². The van der Waals surface area contributed by atoms with Crippen LogP contribution in [-0.2, 0) is 23.7 Å². The van der Waals surface area contributed by atoms with Gasteiger partial charge in [0, 0.05) is 6.21 Å². The molecular formula is C42H35NO10. The van der Waals surface area contributed by atoms with E-state index in [1.807, 2.05) is 0 Å². The van der Waals surface area contributed by atoms with Crippen LogP contribution in [0.3, 0.4) is 0 Å². The zero-order chi connectivity index (χ0) is 37.0. The van der Waals surface area contributed by atoms with Gasteiger partial charge in [-0.25, -0.2) is 19.2 Å². The molecule has 1 aliphatic heterocycles. The predicted molar refractivity (Wildman–Crippen MR) is 193 cm³/mol. The first kappa shape index (κ1) is 36.2. The van der Waals surface area contributed by atoms with Crippen LogP contribution in [0.1, 0.15) is 47.0 Å². The van der Waals surface area contributed by atoms with E-state index >= 15 is 0 Å². The molecule has 6 rings (SSSR count). The Morgan fingerprint density at radius 2 is 1.00 bits per heavy atom. The average Bonchev–Trinajstić information content (AvgIpc) is 3.22. The first-order valence-electron chi connectivity index (χ1n) is 16.7. The summed E-state index contributed by atoms with van der Waals surface area (Å²) in [6.45, 7) is -0.478. The molecule has 1 saturated heterocycles. The van der Waals surface area contributed by atoms with Crippen LogP contribution >= 0.6 is 0 Å². The Hall–Kier alpha value is -6.59. The van der Waals surface area contributed by atoms with E-state index in [1.165, 1.54) is 6.21 Å². The molecule has 11 nitrogen and oxygen atoms in total. The van der Waals surface area contributed by atoms with Crippen molar-refractivity contribution in [2.24, 2.45) is 4.99 Å². The lowest BCUT2D eigenvalue weighted by Gasteiger charge is -2.43. The normalized spacial score (nSPS) is 19.5. The zero-order valence-electron chi connectivity index (χ0n) is 28.6. The lowest BCUT2D eigenvalue weighted by molar-refractivity contribution is -0.247. The summed E-state index contributed by atoms with van der Waals surface area (Å²) in [4.78, 5) is 58.7. The van der Waals surface area contributed by atoms with Crippen molar-refractivity contribution in [2.45, 2.75) is 30.6 Å². The van der Waals surface area contributed by atoms with Gasteiger partial charge in [0.2, 0.25) is 6.29 Å². The zero-order valence-corrected chi connectivity index (χ0v) is 28.6. The topological polar surface area (TPSA) is 136 Å². The van der Waals surface area contributed by atoms with Crippen LogP contribution < -0.4 is 4.74 Å². The quantitative estimate of drug-likeness (QED) is 0.0815. The second-order valence-electron chi connectivity index (χ2n) is 11.8. The summed E-state index contributed by atoms with van der Waals surface area (Å²) in [5.41, 5.74) is 1.52. The van der Waals surface area contributed by atoms with Crippen molar-refractivity contribution < 1.29 is 47.6 Å². The second-order valence-corrected chi connectivity index (χ2v) is 11.8. The number of ether oxygens (including phenoxy) is 6. The first-order chi connectivity index (χ1) is 25.9. The monoisotopic (exact) mass is 713 g/mol. The van der Waals surface area contributed by atoms with Gasteiger partial charge in [-0.1, -0.05) is 72.8 Å². The average molecular weight is 714 g/mol. The Kier molecular flexibility index (Phi) is 12.0. The summed E-state index contributed by atoms with van der Waals surface area (Å²) in [5, 5.41) is 0. The number of carbonyl (C=O) groups is 4. The van der Waals surface area contributed by atoms with Crippen molar-refractivity contribution in [1.82, 2.24) is 0 Å². The van der Waals surface area contributed by atoms with Crippen LogP contribution in [0, 0.1) is 0 Å². The maximum absolute atomic E-state index is 13.8. The molecule has 53 heavy (non-hydrogen) atoms. The number of benzene rings is 5. The first-order valence-corrected chi connectivity index (χ1v) is 16.7. The second kappa shape index (κ2) is 17.6. The molecule has 5 unspecified atom stereocenters. The van der Waals surface area contributed by atoms with E-state index in [0.29, 0.717) is 11.3 Å². The Balaban J connectivity index is 1.42. The number of aliphatic imine (C=N–C) groups is 1. The van der Waals surface area contributed by atoms with E-state index in [0.717, 1.165) is 0 Å². The fraction of sp³-hybridized carbons (Fsp3) is 0.167. The molecule has 0 radical (unpaired) electrons. The van der Waals surface area contributed by atoms with Gasteiger partial charge in [-0.3, -0.25) is 4.99 Å². The summed E-state index contributed by atoms with van der Waals surface area (Å²) in [6, 6.07) is 38.6. The minimum atomic E-state index is -1.52. The molecule has 0 bridgehead atoms. The largest absolute Gasteiger partial charge is 0.497 e. The molecule has 1 aliphatic rings. The number of rotatable bonds is 12. The third-order valence-electron chi connectivity index (χ3n) is 8.25. The smallest absolute Gasteiger partial charge is 0.340 e. The van der Waals surface area contributed by atoms with Gasteiger partial charge < -0.3 is 28.4 Å². The molecule has 0 N–H and O–H groups in total. The number of hydrogen-bond donors (Lipinski definition) is 0. The van der Waals surface area contributed by atoms with Gasteiger partial charge in [0.1, 0.15) is 18.5 Å². The molecule has 0 aromatic heterocycles. The van der Waals surface area contributed by atoms with E-state index < -0.39 is 61.1 Å². The summed E-state index contributed by atoms with van der Waals surface area (Å²) in [7, 11) is 1.55. The number of methoxy groups -OCH3 is 1. The van der Waals surface area contributed by atoms with Crippen molar-refractivity contribution in [2.75, 3.05) is 13.7 Å². The van der Waals surface area contributed by atoms with Crippen molar-refractivity contribution in [3.8, 4) is 5.75 Å². The van der Waals surface area contributed by atoms with Gasteiger partial charge in [0.25, 0.3) is 0 Å². The van der Waals surface area contributed by atoms with Crippen molar-refractivity contribution >= 4 is 30.1 Å². The van der Waals surface area contributed by atoms with E-state index in [9.17, 15) is 19.2 Å². The predicted octanol–water partition coefficient (Wildman–Crippen LogP) is 6.37. The highest BCUT2D eigenvalue weighted by atomic mass is 16.7. The molecular weight excluding hydrogens is 678 g/mol. The van der Waals surface area contributed by atoms with Crippen LogP contribution in [0.15, 0.2) is 151 Å². The molecule has 0 saturated carbocycles. The Morgan fingerprint density at radius 1 is 0.566 bits per heavy atom. The van der Waals surface area contributed by atoms with E-state index in [1.54, 1.807) is 153 Å². The molecule has 268 valence electrons. The minimum absolute atomic E-state index is 0.204. The molecule has 0 spiro atoms. The lowest BCUT2D eigenvalue weighted by Crippen LogP contribution is -2.61. The van der Waals surface area contributed by atoms with Crippen LogP contribution in [0.2, 0.25) is 0 Å². The number of hydrogen-bond acceptors (Lipinski definition) is 11. The number of esters is 4. The third kappa shape index (κ3) is 9.40.